The molecule has 1 aliphatic heterocycles. The number of carbonyl (C=O) groups is 2. The van der Waals surface area contributed by atoms with Crippen LogP contribution in [0.4, 0.5) is 0 Å². The molecule has 0 N–H and O–H groups in total. The normalized spacial score (nSPS) is 31.4. The first-order chi connectivity index (χ1) is 16.4. The van der Waals surface area contributed by atoms with E-state index in [1.807, 2.05) is 61.2 Å². The number of rotatable bonds is 7. The maximum absolute atomic E-state index is 14.2. The molecule has 34 heavy (non-hydrogen) atoms. The Labute approximate surface area is 201 Å². The lowest BCUT2D eigenvalue weighted by molar-refractivity contribution is -0.170. The van der Waals surface area contributed by atoms with Gasteiger partial charge in [0, 0.05) is 18.5 Å². The Morgan fingerprint density at radius 1 is 1.09 bits per heavy atom. The van der Waals surface area contributed by atoms with Gasteiger partial charge in [0.05, 0.1) is 24.5 Å². The molecule has 1 amide bonds. The largest absolute Gasteiger partial charge is 0.497 e. The highest BCUT2D eigenvalue weighted by Crippen LogP contribution is 2.65. The van der Waals surface area contributed by atoms with Crippen molar-refractivity contribution in [2.24, 2.45) is 22.7 Å². The third kappa shape index (κ3) is 3.36. The Morgan fingerprint density at radius 3 is 2.44 bits per heavy atom. The van der Waals surface area contributed by atoms with Gasteiger partial charge in [-0.3, -0.25) is 9.59 Å². The summed E-state index contributed by atoms with van der Waals surface area (Å²) in [4.78, 5) is 29.7. The van der Waals surface area contributed by atoms with Crippen LogP contribution < -0.4 is 4.74 Å². The van der Waals surface area contributed by atoms with Gasteiger partial charge < -0.3 is 14.4 Å². The van der Waals surface area contributed by atoms with Gasteiger partial charge in [0.2, 0.25) is 5.91 Å². The van der Waals surface area contributed by atoms with Gasteiger partial charge in [0.1, 0.15) is 5.75 Å². The summed E-state index contributed by atoms with van der Waals surface area (Å²) in [6.07, 6.45) is 6.58. The molecule has 2 aromatic rings. The molecule has 5 heteroatoms. The quantitative estimate of drug-likeness (QED) is 0.441. The molecule has 6 rings (SSSR count). The number of methoxy groups -OCH3 is 1. The first kappa shape index (κ1) is 22.7. The van der Waals surface area contributed by atoms with E-state index in [9.17, 15) is 9.59 Å². The molecular formula is C29H33NO4. The molecule has 3 aliphatic carbocycles. The minimum absolute atomic E-state index is 0.0884. The number of likely N-dealkylation sites (tertiary alicyclic amines) is 1. The number of fused-ring (bicyclic) bond motifs is 1. The summed E-state index contributed by atoms with van der Waals surface area (Å²) in [6, 6.07) is 18.1. The van der Waals surface area contributed by atoms with Crippen molar-refractivity contribution in [2.45, 2.75) is 45.7 Å². The molecule has 2 fully saturated rings. The monoisotopic (exact) mass is 459 g/mol. The fourth-order valence-electron chi connectivity index (χ4n) is 6.80. The van der Waals surface area contributed by atoms with Crippen LogP contribution in [0.1, 0.15) is 37.8 Å². The van der Waals surface area contributed by atoms with Crippen LogP contribution in [0, 0.1) is 22.7 Å². The average Bonchev–Trinajstić information content (AvgIpc) is 3.09. The van der Waals surface area contributed by atoms with Crippen molar-refractivity contribution < 1.29 is 19.1 Å². The zero-order valence-electron chi connectivity index (χ0n) is 20.2. The molecule has 0 radical (unpaired) electrons. The fraction of sp³-hybridized carbons (Fsp3) is 0.448. The first-order valence-corrected chi connectivity index (χ1v) is 12.3. The standard InChI is InChI=1S/C29H33NO4/c1-4-34-27(32)28(2)22-14-16-29(17-15-22)25(28)24(18-20-8-6-5-7-9-20)30(26(29)31)19-21-10-12-23(33-3)13-11-21/h5-14,16,22,24-25H,4,15,17-19H2,1-3H3/t22-,24-,25+,28-,29-/m0/s1. The summed E-state index contributed by atoms with van der Waals surface area (Å²) in [7, 11) is 1.65. The minimum Gasteiger partial charge on any atom is -0.497 e. The van der Waals surface area contributed by atoms with E-state index in [-0.39, 0.29) is 29.8 Å². The van der Waals surface area contributed by atoms with Crippen molar-refractivity contribution in [1.29, 1.82) is 0 Å². The molecule has 1 saturated heterocycles. The van der Waals surface area contributed by atoms with Crippen LogP contribution in [0.3, 0.4) is 0 Å². The van der Waals surface area contributed by atoms with E-state index in [0.29, 0.717) is 19.6 Å². The molecule has 0 unspecified atom stereocenters. The average molecular weight is 460 g/mol. The smallest absolute Gasteiger partial charge is 0.312 e. The summed E-state index contributed by atoms with van der Waals surface area (Å²) in [5.41, 5.74) is 0.849. The van der Waals surface area contributed by atoms with Gasteiger partial charge in [-0.1, -0.05) is 54.6 Å². The van der Waals surface area contributed by atoms with Gasteiger partial charge in [-0.2, -0.15) is 0 Å². The van der Waals surface area contributed by atoms with Gasteiger partial charge in [-0.05, 0) is 62.3 Å². The molecule has 1 spiro atoms. The summed E-state index contributed by atoms with van der Waals surface area (Å²) in [5.74, 6) is 0.718. The lowest BCUT2D eigenvalue weighted by Gasteiger charge is -2.54. The zero-order chi connectivity index (χ0) is 23.9. The maximum atomic E-state index is 14.2. The second kappa shape index (κ2) is 8.61. The number of allylic oxidation sites excluding steroid dienone is 1. The van der Waals surface area contributed by atoms with E-state index in [2.05, 4.69) is 24.3 Å². The number of nitrogens with zero attached hydrogens (tertiary/aromatic N) is 1. The van der Waals surface area contributed by atoms with Gasteiger partial charge in [-0.15, -0.1) is 0 Å². The second-order valence-corrected chi connectivity index (χ2v) is 10.1. The molecule has 2 aromatic carbocycles. The number of esters is 1. The van der Waals surface area contributed by atoms with E-state index in [1.165, 1.54) is 5.56 Å². The highest BCUT2D eigenvalue weighted by molar-refractivity contribution is 5.92. The van der Waals surface area contributed by atoms with Crippen LogP contribution in [-0.2, 0) is 27.3 Å². The summed E-state index contributed by atoms with van der Waals surface area (Å²) in [6.45, 7) is 4.75. The van der Waals surface area contributed by atoms with Crippen LogP contribution in [0.2, 0.25) is 0 Å². The summed E-state index contributed by atoms with van der Waals surface area (Å²) >= 11 is 0. The third-order valence-corrected chi connectivity index (χ3v) is 8.43. The Balaban J connectivity index is 1.59. The van der Waals surface area contributed by atoms with E-state index in [0.717, 1.165) is 24.2 Å². The number of hydrogen-bond donors (Lipinski definition) is 0. The lowest BCUT2D eigenvalue weighted by Crippen LogP contribution is -2.58. The lowest BCUT2D eigenvalue weighted by atomic mass is 9.47. The van der Waals surface area contributed by atoms with Crippen LogP contribution in [0.25, 0.3) is 0 Å². The predicted octanol–water partition coefficient (Wildman–Crippen LogP) is 4.80. The first-order valence-electron chi connectivity index (χ1n) is 12.3. The Hall–Kier alpha value is -3.08. The number of carbonyl (C=O) groups excluding carboxylic acids is 2. The molecule has 5 nitrogen and oxygen atoms in total. The number of ether oxygens (including phenoxy) is 2. The number of benzene rings is 2. The third-order valence-electron chi connectivity index (χ3n) is 8.43. The number of hydrogen-bond acceptors (Lipinski definition) is 4. The molecule has 0 aromatic heterocycles. The molecule has 1 heterocycles. The topological polar surface area (TPSA) is 55.8 Å². The van der Waals surface area contributed by atoms with Crippen molar-refractivity contribution in [3.63, 3.8) is 0 Å². The van der Waals surface area contributed by atoms with Crippen LogP contribution in [0.5, 0.6) is 5.75 Å². The Bertz CT molecular complexity index is 1090. The van der Waals surface area contributed by atoms with Gasteiger partial charge >= 0.3 is 5.97 Å². The minimum atomic E-state index is -0.729. The molecule has 178 valence electrons. The molecular weight excluding hydrogens is 426 g/mol. The van der Waals surface area contributed by atoms with Crippen molar-refractivity contribution in [2.75, 3.05) is 13.7 Å². The predicted molar refractivity (Wildman–Crippen MR) is 130 cm³/mol. The van der Waals surface area contributed by atoms with E-state index >= 15 is 0 Å². The van der Waals surface area contributed by atoms with Crippen LogP contribution >= 0.6 is 0 Å². The highest BCUT2D eigenvalue weighted by atomic mass is 16.5. The van der Waals surface area contributed by atoms with E-state index in [1.54, 1.807) is 7.11 Å². The highest BCUT2D eigenvalue weighted by Gasteiger charge is 2.70. The number of amides is 1. The Morgan fingerprint density at radius 2 is 1.82 bits per heavy atom. The summed E-state index contributed by atoms with van der Waals surface area (Å²) < 4.78 is 11.0. The van der Waals surface area contributed by atoms with Crippen molar-refractivity contribution in [3.05, 3.63) is 77.9 Å². The molecule has 2 bridgehead atoms. The maximum Gasteiger partial charge on any atom is 0.312 e. The van der Waals surface area contributed by atoms with Crippen LogP contribution in [0.15, 0.2) is 66.7 Å². The fourth-order valence-corrected chi connectivity index (χ4v) is 6.80. The van der Waals surface area contributed by atoms with Gasteiger partial charge in [-0.25, -0.2) is 0 Å². The molecule has 5 atom stereocenters. The van der Waals surface area contributed by atoms with E-state index < -0.39 is 10.8 Å². The van der Waals surface area contributed by atoms with Crippen molar-refractivity contribution in [3.8, 4) is 5.75 Å². The van der Waals surface area contributed by atoms with E-state index in [4.69, 9.17) is 9.47 Å². The SMILES string of the molecule is CCOC(=O)[C@]1(C)[C@H]2[C@H](Cc3ccccc3)N(Cc3ccc(OC)cc3)C(=O)[C@]23C=C[C@H]1CC3. The van der Waals surface area contributed by atoms with Crippen molar-refractivity contribution in [1.82, 2.24) is 4.90 Å². The zero-order valence-corrected chi connectivity index (χ0v) is 20.2. The van der Waals surface area contributed by atoms with Crippen LogP contribution in [-0.4, -0.2) is 36.5 Å². The van der Waals surface area contributed by atoms with Gasteiger partial charge in [0.25, 0.3) is 0 Å². The van der Waals surface area contributed by atoms with Crippen molar-refractivity contribution >= 4 is 11.9 Å². The molecule has 4 aliphatic rings. The second-order valence-electron chi connectivity index (χ2n) is 10.1. The Kier molecular flexibility index (Phi) is 5.75. The summed E-state index contributed by atoms with van der Waals surface area (Å²) in [5, 5.41) is 0. The van der Waals surface area contributed by atoms with Gasteiger partial charge in [0.15, 0.2) is 0 Å². The molecule has 1 saturated carbocycles.